The molecule has 1 rings (SSSR count). The largest absolute Gasteiger partial charge is 0.299 e. The molecule has 0 amide bonds. The summed E-state index contributed by atoms with van der Waals surface area (Å²) < 4.78 is 24.2. The number of hydrogen-bond acceptors (Lipinski definition) is 1. The van der Waals surface area contributed by atoms with Crippen LogP contribution in [-0.4, -0.2) is 6.29 Å². The molecule has 1 aromatic carbocycles. The predicted molar refractivity (Wildman–Crippen MR) is 46.5 cm³/mol. The molecule has 0 saturated carbocycles. The van der Waals surface area contributed by atoms with Gasteiger partial charge >= 0.3 is 0 Å². The van der Waals surface area contributed by atoms with Crippen LogP contribution >= 0.6 is 0 Å². The molecule has 0 radical (unpaired) electrons. The number of benzene rings is 1. The van der Waals surface area contributed by atoms with E-state index < -0.39 is 6.43 Å². The molecule has 0 aliphatic carbocycles. The number of aldehydes is 1. The van der Waals surface area contributed by atoms with Crippen molar-refractivity contribution >= 4 is 12.4 Å². The van der Waals surface area contributed by atoms with Crippen LogP contribution in [0, 0.1) is 0 Å². The minimum Gasteiger partial charge on any atom is -0.299 e. The lowest BCUT2D eigenvalue weighted by atomic mass is 10.1. The number of alkyl halides is 2. The van der Waals surface area contributed by atoms with Gasteiger partial charge in [0.05, 0.1) is 0 Å². The Morgan fingerprint density at radius 1 is 1.15 bits per heavy atom. The normalized spacial score (nSPS) is 11.0. The van der Waals surface area contributed by atoms with Crippen LogP contribution in [0.25, 0.3) is 6.08 Å². The van der Waals surface area contributed by atoms with Crippen molar-refractivity contribution in [2.45, 2.75) is 6.43 Å². The smallest absolute Gasteiger partial charge is 0.263 e. The van der Waals surface area contributed by atoms with E-state index in [1.807, 2.05) is 0 Å². The molecule has 1 aromatic rings. The van der Waals surface area contributed by atoms with Gasteiger partial charge in [0.15, 0.2) is 0 Å². The number of rotatable bonds is 3. The molecule has 0 aromatic heterocycles. The Hall–Kier alpha value is -1.51. The molecule has 0 aliphatic heterocycles. The highest BCUT2D eigenvalue weighted by Gasteiger charge is 2.04. The molecule has 1 nitrogen and oxygen atoms in total. The molecule has 68 valence electrons. The molecule has 0 fully saturated rings. The van der Waals surface area contributed by atoms with Crippen LogP contribution in [0.4, 0.5) is 8.78 Å². The fourth-order valence-electron chi connectivity index (χ4n) is 0.903. The van der Waals surface area contributed by atoms with E-state index in [-0.39, 0.29) is 5.56 Å². The Kier molecular flexibility index (Phi) is 3.31. The summed E-state index contributed by atoms with van der Waals surface area (Å²) in [6.07, 6.45) is 1.07. The van der Waals surface area contributed by atoms with Crippen LogP contribution in [0.2, 0.25) is 0 Å². The quantitative estimate of drug-likeness (QED) is 0.519. The van der Waals surface area contributed by atoms with Crippen molar-refractivity contribution in [2.24, 2.45) is 0 Å². The van der Waals surface area contributed by atoms with Gasteiger partial charge in [-0.25, -0.2) is 8.78 Å². The Bertz CT molecular complexity index is 301. The second-order valence-corrected chi connectivity index (χ2v) is 2.46. The summed E-state index contributed by atoms with van der Waals surface area (Å²) >= 11 is 0. The molecule has 0 bridgehead atoms. The van der Waals surface area contributed by atoms with E-state index in [2.05, 4.69) is 0 Å². The van der Waals surface area contributed by atoms with Crippen LogP contribution in [0.15, 0.2) is 30.3 Å². The maximum Gasteiger partial charge on any atom is 0.263 e. The van der Waals surface area contributed by atoms with Crippen molar-refractivity contribution in [3.63, 3.8) is 0 Å². The Morgan fingerprint density at radius 3 is 2.23 bits per heavy atom. The first kappa shape index (κ1) is 9.58. The summed E-state index contributed by atoms with van der Waals surface area (Å²) in [5.41, 5.74) is 0.722. The van der Waals surface area contributed by atoms with E-state index >= 15 is 0 Å². The monoisotopic (exact) mass is 182 g/mol. The van der Waals surface area contributed by atoms with Crippen LogP contribution in [-0.2, 0) is 4.79 Å². The summed E-state index contributed by atoms with van der Waals surface area (Å²) in [4.78, 5) is 9.95. The fourth-order valence-corrected chi connectivity index (χ4v) is 0.903. The molecule has 3 heteroatoms. The van der Waals surface area contributed by atoms with Gasteiger partial charge in [0.25, 0.3) is 6.43 Å². The van der Waals surface area contributed by atoms with Gasteiger partial charge in [-0.15, -0.1) is 0 Å². The van der Waals surface area contributed by atoms with Crippen LogP contribution in [0.5, 0.6) is 0 Å². The number of carbonyl (C=O) groups is 1. The third kappa shape index (κ3) is 2.78. The third-order valence-corrected chi connectivity index (χ3v) is 1.56. The summed E-state index contributed by atoms with van der Waals surface area (Å²) in [6.45, 7) is 0. The SMILES string of the molecule is O=C/C=C/c1ccc(C(F)F)cc1. The zero-order valence-corrected chi connectivity index (χ0v) is 6.78. The summed E-state index contributed by atoms with van der Waals surface area (Å²) in [7, 11) is 0. The van der Waals surface area contributed by atoms with Crippen molar-refractivity contribution in [2.75, 3.05) is 0 Å². The lowest BCUT2D eigenvalue weighted by Crippen LogP contribution is -1.82. The molecule has 0 N–H and O–H groups in total. The van der Waals surface area contributed by atoms with E-state index in [4.69, 9.17) is 0 Å². The van der Waals surface area contributed by atoms with Crippen LogP contribution < -0.4 is 0 Å². The minimum atomic E-state index is -2.44. The number of halogens is 2. The molecule has 0 unspecified atom stereocenters. The topological polar surface area (TPSA) is 17.1 Å². The van der Waals surface area contributed by atoms with Gasteiger partial charge in [-0.1, -0.05) is 30.3 Å². The van der Waals surface area contributed by atoms with Crippen LogP contribution in [0.1, 0.15) is 17.6 Å². The molecular formula is C10H8F2O. The highest BCUT2D eigenvalue weighted by molar-refractivity contribution is 5.73. The van der Waals surface area contributed by atoms with Gasteiger partial charge in [0, 0.05) is 5.56 Å². The first-order valence-electron chi connectivity index (χ1n) is 3.74. The lowest BCUT2D eigenvalue weighted by molar-refractivity contribution is -0.104. The summed E-state index contributed by atoms with van der Waals surface area (Å²) in [5.74, 6) is 0. The number of hydrogen-bond donors (Lipinski definition) is 0. The lowest BCUT2D eigenvalue weighted by Gasteiger charge is -1.98. The second kappa shape index (κ2) is 4.50. The molecule has 0 aliphatic rings. The maximum atomic E-state index is 12.1. The van der Waals surface area contributed by atoms with Crippen molar-refractivity contribution in [3.8, 4) is 0 Å². The van der Waals surface area contributed by atoms with Gasteiger partial charge in [0.2, 0.25) is 0 Å². The summed E-state index contributed by atoms with van der Waals surface area (Å²) in [5, 5.41) is 0. The van der Waals surface area contributed by atoms with Gasteiger partial charge < -0.3 is 0 Å². The Morgan fingerprint density at radius 2 is 1.77 bits per heavy atom. The molecule has 0 spiro atoms. The predicted octanol–water partition coefficient (Wildman–Crippen LogP) is 2.84. The minimum absolute atomic E-state index is 0.0109. The number of allylic oxidation sites excluding steroid dienone is 1. The van der Waals surface area contributed by atoms with Crippen molar-refractivity contribution in [1.82, 2.24) is 0 Å². The van der Waals surface area contributed by atoms with E-state index in [1.165, 1.54) is 18.2 Å². The maximum absolute atomic E-state index is 12.1. The molecule has 0 heterocycles. The standard InChI is InChI=1S/C10H8F2O/c11-10(12)9-5-3-8(4-6-9)2-1-7-13/h1-7,10H/b2-1+. The zero-order chi connectivity index (χ0) is 9.68. The van der Waals surface area contributed by atoms with Crippen molar-refractivity contribution < 1.29 is 13.6 Å². The highest BCUT2D eigenvalue weighted by Crippen LogP contribution is 2.18. The van der Waals surface area contributed by atoms with Crippen molar-refractivity contribution in [1.29, 1.82) is 0 Å². The summed E-state index contributed by atoms with van der Waals surface area (Å²) in [6, 6.07) is 5.77. The average Bonchev–Trinajstić information content (AvgIpc) is 2.15. The first-order valence-corrected chi connectivity index (χ1v) is 3.74. The highest BCUT2D eigenvalue weighted by atomic mass is 19.3. The number of carbonyl (C=O) groups excluding carboxylic acids is 1. The van der Waals surface area contributed by atoms with Gasteiger partial charge in [-0.05, 0) is 11.6 Å². The second-order valence-electron chi connectivity index (χ2n) is 2.46. The van der Waals surface area contributed by atoms with Gasteiger partial charge in [0.1, 0.15) is 6.29 Å². The van der Waals surface area contributed by atoms with Gasteiger partial charge in [-0.3, -0.25) is 4.79 Å². The first-order chi connectivity index (χ1) is 6.24. The molecule has 0 saturated heterocycles. The van der Waals surface area contributed by atoms with E-state index in [0.29, 0.717) is 6.29 Å². The van der Waals surface area contributed by atoms with Crippen LogP contribution in [0.3, 0.4) is 0 Å². The third-order valence-electron chi connectivity index (χ3n) is 1.56. The average molecular weight is 182 g/mol. The zero-order valence-electron chi connectivity index (χ0n) is 6.78. The van der Waals surface area contributed by atoms with Crippen molar-refractivity contribution in [3.05, 3.63) is 41.5 Å². The molecule has 13 heavy (non-hydrogen) atoms. The van der Waals surface area contributed by atoms with E-state index in [1.54, 1.807) is 18.2 Å². The Balaban J connectivity index is 2.81. The van der Waals surface area contributed by atoms with Gasteiger partial charge in [-0.2, -0.15) is 0 Å². The Labute approximate surface area is 74.7 Å². The molecule has 0 atom stereocenters. The fraction of sp³-hybridized carbons (Fsp3) is 0.100. The van der Waals surface area contributed by atoms with E-state index in [9.17, 15) is 13.6 Å². The van der Waals surface area contributed by atoms with E-state index in [0.717, 1.165) is 5.56 Å². The molecular weight excluding hydrogens is 174 g/mol.